The highest BCUT2D eigenvalue weighted by Gasteiger charge is 2.54. The maximum absolute atomic E-state index is 11.7. The van der Waals surface area contributed by atoms with Gasteiger partial charge < -0.3 is 21.7 Å². The van der Waals surface area contributed by atoms with E-state index in [0.717, 1.165) is 0 Å². The summed E-state index contributed by atoms with van der Waals surface area (Å²) in [5, 5.41) is 19.0. The second-order valence-corrected chi connectivity index (χ2v) is 5.79. The zero-order valence-corrected chi connectivity index (χ0v) is 12.3. The molecule has 1 aliphatic carbocycles. The van der Waals surface area contributed by atoms with Crippen LogP contribution < -0.4 is 11.5 Å². The molecule has 1 aromatic rings. The molecule has 0 fully saturated rings. The molecular formula is C16H18N2O4. The Balaban J connectivity index is 2.82. The number of benzene rings is 1. The van der Waals surface area contributed by atoms with Gasteiger partial charge in [-0.2, -0.15) is 0 Å². The van der Waals surface area contributed by atoms with Crippen molar-refractivity contribution in [3.63, 3.8) is 0 Å². The average Bonchev–Trinajstić information content (AvgIpc) is 2.45. The fourth-order valence-corrected chi connectivity index (χ4v) is 2.68. The van der Waals surface area contributed by atoms with Crippen LogP contribution in [0.5, 0.6) is 0 Å². The van der Waals surface area contributed by atoms with E-state index in [4.69, 9.17) is 11.5 Å². The van der Waals surface area contributed by atoms with Gasteiger partial charge in [0.25, 0.3) is 0 Å². The Hall–Kier alpha value is -2.76. The largest absolute Gasteiger partial charge is 0.480 e. The van der Waals surface area contributed by atoms with E-state index in [2.05, 4.69) is 0 Å². The Morgan fingerprint density at radius 2 is 1.45 bits per heavy atom. The number of nitrogens with two attached hydrogens (primary N) is 2. The summed E-state index contributed by atoms with van der Waals surface area (Å²) in [6, 6.07) is 8.93. The summed E-state index contributed by atoms with van der Waals surface area (Å²) in [7, 11) is 0. The lowest BCUT2D eigenvalue weighted by Crippen LogP contribution is -2.48. The number of allylic oxidation sites excluding steroid dienone is 1. The highest BCUT2D eigenvalue weighted by Crippen LogP contribution is 2.49. The van der Waals surface area contributed by atoms with Crippen LogP contribution >= 0.6 is 0 Å². The van der Waals surface area contributed by atoms with Crippen molar-refractivity contribution in [3.05, 3.63) is 53.4 Å². The first-order valence-electron chi connectivity index (χ1n) is 6.67. The summed E-state index contributed by atoms with van der Waals surface area (Å²) in [6.45, 7) is 3.56. The summed E-state index contributed by atoms with van der Waals surface area (Å²) in [4.78, 5) is 23.3. The van der Waals surface area contributed by atoms with Crippen LogP contribution in [0.1, 0.15) is 19.4 Å². The first-order chi connectivity index (χ1) is 10.2. The number of rotatable bonds is 3. The van der Waals surface area contributed by atoms with Crippen molar-refractivity contribution in [2.45, 2.75) is 13.8 Å². The van der Waals surface area contributed by atoms with E-state index in [1.54, 1.807) is 38.1 Å². The van der Waals surface area contributed by atoms with Gasteiger partial charge in [0.2, 0.25) is 5.41 Å². The molecule has 22 heavy (non-hydrogen) atoms. The van der Waals surface area contributed by atoms with Gasteiger partial charge in [-0.25, -0.2) is 0 Å². The van der Waals surface area contributed by atoms with Crippen molar-refractivity contribution in [1.29, 1.82) is 0 Å². The molecule has 6 N–H and O–H groups in total. The first kappa shape index (κ1) is 15.6. The van der Waals surface area contributed by atoms with Crippen LogP contribution in [-0.2, 0) is 9.59 Å². The van der Waals surface area contributed by atoms with Crippen molar-refractivity contribution < 1.29 is 19.8 Å². The Labute approximate surface area is 127 Å². The zero-order chi connectivity index (χ0) is 16.7. The molecule has 0 bridgehead atoms. The molecule has 1 aliphatic rings. The molecule has 0 heterocycles. The van der Waals surface area contributed by atoms with Crippen LogP contribution in [0.2, 0.25) is 0 Å². The predicted molar refractivity (Wildman–Crippen MR) is 81.3 cm³/mol. The second kappa shape index (κ2) is 4.91. The van der Waals surface area contributed by atoms with Crippen molar-refractivity contribution in [1.82, 2.24) is 0 Å². The van der Waals surface area contributed by atoms with Crippen molar-refractivity contribution in [3.8, 4) is 0 Å². The van der Waals surface area contributed by atoms with Gasteiger partial charge in [0.05, 0.1) is 5.70 Å². The Bertz CT molecular complexity index is 688. The fraction of sp³-hybridized carbons (Fsp3) is 0.250. The molecule has 0 atom stereocenters. The molecule has 2 rings (SSSR count). The van der Waals surface area contributed by atoms with E-state index in [9.17, 15) is 19.8 Å². The van der Waals surface area contributed by atoms with E-state index in [1.807, 2.05) is 6.07 Å². The molecular weight excluding hydrogens is 284 g/mol. The van der Waals surface area contributed by atoms with Crippen LogP contribution in [0.15, 0.2) is 47.8 Å². The Kier molecular flexibility index (Phi) is 3.48. The number of aliphatic carboxylic acids is 2. The summed E-state index contributed by atoms with van der Waals surface area (Å²) in [5.41, 5.74) is 9.64. The molecule has 6 heteroatoms. The molecule has 0 aliphatic heterocycles. The zero-order valence-electron chi connectivity index (χ0n) is 12.3. The number of carbonyl (C=O) groups is 2. The van der Waals surface area contributed by atoms with Gasteiger partial charge in [-0.1, -0.05) is 44.2 Å². The van der Waals surface area contributed by atoms with Gasteiger partial charge in [-0.05, 0) is 17.2 Å². The highest BCUT2D eigenvalue weighted by atomic mass is 16.4. The predicted octanol–water partition coefficient (Wildman–Crippen LogP) is 1.39. The lowest BCUT2D eigenvalue weighted by molar-refractivity contribution is -0.158. The minimum absolute atomic E-state index is 0.0543. The van der Waals surface area contributed by atoms with Gasteiger partial charge in [0, 0.05) is 11.1 Å². The summed E-state index contributed by atoms with van der Waals surface area (Å²) in [6.07, 6.45) is 1.19. The van der Waals surface area contributed by atoms with Crippen LogP contribution in [0, 0.1) is 10.8 Å². The topological polar surface area (TPSA) is 127 Å². The SMILES string of the molecule is CC1(C)C(c2ccccc2)=CC(C(=O)O)(C(=O)O)C(N)=C1N. The molecule has 0 spiro atoms. The smallest absolute Gasteiger partial charge is 0.331 e. The third kappa shape index (κ3) is 1.95. The minimum atomic E-state index is -2.36. The maximum Gasteiger partial charge on any atom is 0.331 e. The number of hydrogen-bond acceptors (Lipinski definition) is 4. The highest BCUT2D eigenvalue weighted by molar-refractivity contribution is 6.07. The van der Waals surface area contributed by atoms with Gasteiger partial charge in [-0.15, -0.1) is 0 Å². The van der Waals surface area contributed by atoms with Gasteiger partial charge in [0.1, 0.15) is 0 Å². The van der Waals surface area contributed by atoms with E-state index in [0.29, 0.717) is 11.1 Å². The summed E-state index contributed by atoms with van der Waals surface area (Å²) < 4.78 is 0. The third-order valence-corrected chi connectivity index (χ3v) is 4.18. The van der Waals surface area contributed by atoms with Crippen molar-refractivity contribution in [2.75, 3.05) is 0 Å². The maximum atomic E-state index is 11.7. The van der Waals surface area contributed by atoms with Crippen LogP contribution in [-0.4, -0.2) is 22.2 Å². The molecule has 6 nitrogen and oxygen atoms in total. The molecule has 0 amide bonds. The van der Waals surface area contributed by atoms with E-state index < -0.39 is 22.8 Å². The summed E-state index contributed by atoms with van der Waals surface area (Å²) >= 11 is 0. The number of carboxylic acid groups (broad SMARTS) is 2. The normalized spacial score (nSPS) is 19.5. The van der Waals surface area contributed by atoms with Crippen molar-refractivity contribution >= 4 is 17.5 Å². The van der Waals surface area contributed by atoms with Gasteiger partial charge in [0.15, 0.2) is 0 Å². The first-order valence-corrected chi connectivity index (χ1v) is 6.67. The second-order valence-electron chi connectivity index (χ2n) is 5.79. The van der Waals surface area contributed by atoms with Crippen LogP contribution in [0.4, 0.5) is 0 Å². The fourth-order valence-electron chi connectivity index (χ4n) is 2.68. The monoisotopic (exact) mass is 302 g/mol. The lowest BCUT2D eigenvalue weighted by atomic mass is 9.66. The standard InChI is InChI=1S/C16H18N2O4/c1-15(2)10(9-6-4-3-5-7-9)8-16(13(19)20,14(21)22)12(18)11(15)17/h3-8H,17-18H2,1-2H3,(H,19,20)(H,21,22). The Morgan fingerprint density at radius 3 is 1.91 bits per heavy atom. The quantitative estimate of drug-likeness (QED) is 0.625. The van der Waals surface area contributed by atoms with Crippen molar-refractivity contribution in [2.24, 2.45) is 22.3 Å². The average molecular weight is 302 g/mol. The van der Waals surface area contributed by atoms with E-state index >= 15 is 0 Å². The molecule has 0 saturated heterocycles. The molecule has 1 aromatic carbocycles. The molecule has 0 unspecified atom stereocenters. The number of hydrogen-bond donors (Lipinski definition) is 4. The van der Waals surface area contributed by atoms with E-state index in [1.165, 1.54) is 6.08 Å². The third-order valence-electron chi connectivity index (χ3n) is 4.18. The summed E-state index contributed by atoms with van der Waals surface area (Å²) in [5.74, 6) is -3.13. The molecule has 0 saturated carbocycles. The van der Waals surface area contributed by atoms with Gasteiger partial charge in [-0.3, -0.25) is 9.59 Å². The van der Waals surface area contributed by atoms with Gasteiger partial charge >= 0.3 is 11.9 Å². The molecule has 116 valence electrons. The molecule has 0 radical (unpaired) electrons. The van der Waals surface area contributed by atoms with E-state index in [-0.39, 0.29) is 11.4 Å². The molecule has 0 aromatic heterocycles. The minimum Gasteiger partial charge on any atom is -0.480 e. The lowest BCUT2D eigenvalue weighted by Gasteiger charge is -2.39. The van der Waals surface area contributed by atoms with Crippen LogP contribution in [0.3, 0.4) is 0 Å². The van der Waals surface area contributed by atoms with Crippen LogP contribution in [0.25, 0.3) is 5.57 Å². The number of carboxylic acids is 2. The Morgan fingerprint density at radius 1 is 0.955 bits per heavy atom.